The van der Waals surface area contributed by atoms with Crippen molar-refractivity contribution in [2.75, 3.05) is 13.2 Å². The highest BCUT2D eigenvalue weighted by atomic mass is 16.2. The third-order valence-electron chi connectivity index (χ3n) is 2.73. The van der Waals surface area contributed by atoms with Crippen LogP contribution in [0.1, 0.15) is 22.5 Å². The Kier molecular flexibility index (Phi) is 5.50. The Morgan fingerprint density at radius 3 is 3.05 bits per heavy atom. The Labute approximate surface area is 122 Å². The van der Waals surface area contributed by atoms with Gasteiger partial charge in [-0.3, -0.25) is 9.48 Å². The van der Waals surface area contributed by atoms with Gasteiger partial charge in [0.25, 0.3) is 5.91 Å². The summed E-state index contributed by atoms with van der Waals surface area (Å²) in [6.07, 6.45) is 5.92. The molecule has 0 unspecified atom stereocenters. The molecule has 0 spiro atoms. The van der Waals surface area contributed by atoms with Gasteiger partial charge in [-0.2, -0.15) is 5.10 Å². The van der Waals surface area contributed by atoms with Crippen molar-refractivity contribution in [3.05, 3.63) is 48.0 Å². The Bertz CT molecular complexity index is 641. The molecule has 0 bridgehead atoms. The largest absolute Gasteiger partial charge is 0.384 e. The zero-order valence-electron chi connectivity index (χ0n) is 11.5. The highest BCUT2D eigenvalue weighted by Crippen LogP contribution is 2.03. The number of pyridine rings is 1. The summed E-state index contributed by atoms with van der Waals surface area (Å²) in [5.41, 5.74) is 0.786. The molecular formula is C15H16N4O2. The van der Waals surface area contributed by atoms with Gasteiger partial charge in [-0.05, 0) is 24.6 Å². The molecule has 0 aliphatic heterocycles. The van der Waals surface area contributed by atoms with Crippen molar-refractivity contribution >= 4 is 5.91 Å². The number of carbonyl (C=O) groups excluding carboxylic acids is 1. The maximum absolute atomic E-state index is 12.1. The van der Waals surface area contributed by atoms with Gasteiger partial charge in [0.2, 0.25) is 0 Å². The van der Waals surface area contributed by atoms with Crippen molar-refractivity contribution in [2.24, 2.45) is 0 Å². The molecule has 2 aromatic heterocycles. The minimum atomic E-state index is -0.265. The number of hydrogen-bond donors (Lipinski definition) is 2. The molecule has 0 aromatic carbocycles. The lowest BCUT2D eigenvalue weighted by Gasteiger charge is -2.06. The van der Waals surface area contributed by atoms with Gasteiger partial charge in [0.1, 0.15) is 12.3 Å². The van der Waals surface area contributed by atoms with Gasteiger partial charge in [-0.25, -0.2) is 4.98 Å². The Balaban J connectivity index is 1.88. The predicted octanol–water partition coefficient (Wildman–Crippen LogP) is 0.442. The SMILES string of the molecule is O=C(NCCCn1cccn1)c1ncccc1C#CCO. The molecule has 2 rings (SSSR count). The second-order valence-corrected chi connectivity index (χ2v) is 4.24. The van der Waals surface area contributed by atoms with Crippen LogP contribution in [0, 0.1) is 11.8 Å². The van der Waals surface area contributed by atoms with Crippen LogP contribution >= 0.6 is 0 Å². The first-order valence-corrected chi connectivity index (χ1v) is 6.61. The van der Waals surface area contributed by atoms with Crippen molar-refractivity contribution in [2.45, 2.75) is 13.0 Å². The Hall–Kier alpha value is -2.65. The number of aromatic nitrogens is 3. The second-order valence-electron chi connectivity index (χ2n) is 4.24. The Morgan fingerprint density at radius 2 is 2.29 bits per heavy atom. The zero-order valence-corrected chi connectivity index (χ0v) is 11.5. The summed E-state index contributed by atoms with van der Waals surface area (Å²) in [5.74, 6) is 4.97. The van der Waals surface area contributed by atoms with E-state index in [1.54, 1.807) is 24.5 Å². The quantitative estimate of drug-likeness (QED) is 0.617. The summed E-state index contributed by atoms with van der Waals surface area (Å²) in [4.78, 5) is 16.1. The average molecular weight is 284 g/mol. The van der Waals surface area contributed by atoms with Crippen molar-refractivity contribution in [1.29, 1.82) is 0 Å². The number of aliphatic hydroxyl groups is 1. The van der Waals surface area contributed by atoms with Crippen LogP contribution < -0.4 is 5.32 Å². The standard InChI is InChI=1S/C15H16N4O2/c20-12-2-6-13-5-1-7-16-14(13)15(21)17-8-3-10-19-11-4-9-18-19/h1,4-5,7,9,11,20H,3,8,10,12H2,(H,17,21). The number of hydrogen-bond acceptors (Lipinski definition) is 4. The molecule has 6 heteroatoms. The maximum Gasteiger partial charge on any atom is 0.271 e. The summed E-state index contributed by atoms with van der Waals surface area (Å²) in [5, 5.41) is 15.6. The van der Waals surface area contributed by atoms with Gasteiger partial charge in [0, 0.05) is 31.7 Å². The second kappa shape index (κ2) is 7.82. The van der Waals surface area contributed by atoms with E-state index in [4.69, 9.17) is 5.11 Å². The summed E-state index contributed by atoms with van der Waals surface area (Å²) in [6.45, 7) is 1.02. The molecule has 0 aliphatic rings. The molecule has 6 nitrogen and oxygen atoms in total. The van der Waals surface area contributed by atoms with E-state index in [2.05, 4.69) is 27.2 Å². The van der Waals surface area contributed by atoms with Gasteiger partial charge in [0.15, 0.2) is 0 Å². The van der Waals surface area contributed by atoms with E-state index < -0.39 is 0 Å². The summed E-state index contributed by atoms with van der Waals surface area (Å²) < 4.78 is 1.81. The van der Waals surface area contributed by atoms with Crippen LogP contribution in [0.5, 0.6) is 0 Å². The molecule has 0 atom stereocenters. The number of aryl methyl sites for hydroxylation is 1. The number of rotatable bonds is 5. The van der Waals surface area contributed by atoms with E-state index >= 15 is 0 Å². The summed E-state index contributed by atoms with van der Waals surface area (Å²) in [6, 6.07) is 5.27. The molecule has 0 saturated carbocycles. The first-order chi connectivity index (χ1) is 10.3. The molecule has 0 aliphatic carbocycles. The molecule has 0 fully saturated rings. The maximum atomic E-state index is 12.1. The van der Waals surface area contributed by atoms with E-state index in [1.807, 2.05) is 16.9 Å². The van der Waals surface area contributed by atoms with Gasteiger partial charge >= 0.3 is 0 Å². The predicted molar refractivity (Wildman–Crippen MR) is 77.4 cm³/mol. The molecule has 0 saturated heterocycles. The third kappa shape index (κ3) is 4.44. The fourth-order valence-electron chi connectivity index (χ4n) is 1.78. The Morgan fingerprint density at radius 1 is 1.38 bits per heavy atom. The van der Waals surface area contributed by atoms with Crippen LogP contribution in [0.15, 0.2) is 36.8 Å². The lowest BCUT2D eigenvalue weighted by molar-refractivity contribution is 0.0947. The van der Waals surface area contributed by atoms with Crippen LogP contribution in [0.4, 0.5) is 0 Å². The van der Waals surface area contributed by atoms with E-state index in [9.17, 15) is 4.79 Å². The monoisotopic (exact) mass is 284 g/mol. The zero-order chi connectivity index (χ0) is 14.9. The van der Waals surface area contributed by atoms with Crippen LogP contribution in [0.2, 0.25) is 0 Å². The molecule has 21 heavy (non-hydrogen) atoms. The van der Waals surface area contributed by atoms with Gasteiger partial charge in [-0.1, -0.05) is 11.8 Å². The van der Waals surface area contributed by atoms with E-state index in [-0.39, 0.29) is 18.2 Å². The number of nitrogens with zero attached hydrogens (tertiary/aromatic N) is 3. The number of nitrogens with one attached hydrogen (secondary N) is 1. The first kappa shape index (κ1) is 14.8. The highest BCUT2D eigenvalue weighted by Gasteiger charge is 2.10. The lowest BCUT2D eigenvalue weighted by Crippen LogP contribution is -2.27. The lowest BCUT2D eigenvalue weighted by atomic mass is 10.2. The van der Waals surface area contributed by atoms with E-state index in [0.29, 0.717) is 12.1 Å². The van der Waals surface area contributed by atoms with Crippen LogP contribution in [-0.2, 0) is 6.54 Å². The normalized spacial score (nSPS) is 9.76. The average Bonchev–Trinajstić information content (AvgIpc) is 3.03. The van der Waals surface area contributed by atoms with E-state index in [0.717, 1.165) is 13.0 Å². The molecule has 2 heterocycles. The molecule has 2 N–H and O–H groups in total. The van der Waals surface area contributed by atoms with Gasteiger partial charge in [-0.15, -0.1) is 0 Å². The van der Waals surface area contributed by atoms with Crippen molar-refractivity contribution in [3.8, 4) is 11.8 Å². The number of amides is 1. The minimum absolute atomic E-state index is 0.250. The van der Waals surface area contributed by atoms with Crippen LogP contribution in [-0.4, -0.2) is 38.9 Å². The number of aliphatic hydroxyl groups excluding tert-OH is 1. The fourth-order valence-corrected chi connectivity index (χ4v) is 1.78. The van der Waals surface area contributed by atoms with E-state index in [1.165, 1.54) is 0 Å². The third-order valence-corrected chi connectivity index (χ3v) is 2.73. The van der Waals surface area contributed by atoms with Gasteiger partial charge < -0.3 is 10.4 Å². The molecule has 1 amide bonds. The number of carbonyl (C=O) groups is 1. The van der Waals surface area contributed by atoms with Crippen molar-refractivity contribution in [3.63, 3.8) is 0 Å². The van der Waals surface area contributed by atoms with Crippen LogP contribution in [0.25, 0.3) is 0 Å². The minimum Gasteiger partial charge on any atom is -0.384 e. The highest BCUT2D eigenvalue weighted by molar-refractivity contribution is 5.94. The smallest absolute Gasteiger partial charge is 0.271 e. The topological polar surface area (TPSA) is 80.0 Å². The fraction of sp³-hybridized carbons (Fsp3) is 0.267. The van der Waals surface area contributed by atoms with Gasteiger partial charge in [0.05, 0.1) is 5.56 Å². The molecule has 0 radical (unpaired) electrons. The molecule has 108 valence electrons. The summed E-state index contributed by atoms with van der Waals surface area (Å²) in [7, 11) is 0. The first-order valence-electron chi connectivity index (χ1n) is 6.61. The van der Waals surface area contributed by atoms with Crippen molar-refractivity contribution < 1.29 is 9.90 Å². The molecular weight excluding hydrogens is 268 g/mol. The summed E-state index contributed by atoms with van der Waals surface area (Å²) >= 11 is 0. The van der Waals surface area contributed by atoms with Crippen molar-refractivity contribution in [1.82, 2.24) is 20.1 Å². The molecule has 2 aromatic rings. The van der Waals surface area contributed by atoms with Crippen LogP contribution in [0.3, 0.4) is 0 Å².